The Bertz CT molecular complexity index is 1390. The van der Waals surface area contributed by atoms with Crippen molar-refractivity contribution in [2.24, 2.45) is 0 Å². The van der Waals surface area contributed by atoms with Crippen LogP contribution in [0.4, 0.5) is 5.69 Å². The minimum atomic E-state index is -0.0549. The summed E-state index contributed by atoms with van der Waals surface area (Å²) < 4.78 is 2.43. The van der Waals surface area contributed by atoms with Crippen LogP contribution in [-0.4, -0.2) is 14.7 Å². The molecule has 1 aliphatic rings. The average Bonchev–Trinajstić information content (AvgIpc) is 3.34. The van der Waals surface area contributed by atoms with Crippen molar-refractivity contribution >= 4 is 23.0 Å². The molecule has 4 nitrogen and oxygen atoms in total. The molecule has 5 heteroatoms. The number of para-hydroxylation sites is 1. The first-order chi connectivity index (χ1) is 16.9. The maximum absolute atomic E-state index is 5.94. The molecule has 0 amide bonds. The molecule has 0 bridgehead atoms. The minimum absolute atomic E-state index is 0.0201. The fraction of sp³-hybridized carbons (Fsp3) is 0.267. The minimum Gasteiger partial charge on any atom is -0.351 e. The van der Waals surface area contributed by atoms with Crippen LogP contribution in [0, 0.1) is 27.7 Å². The van der Waals surface area contributed by atoms with Gasteiger partial charge in [-0.1, -0.05) is 43.3 Å². The molecule has 1 saturated heterocycles. The predicted molar refractivity (Wildman–Crippen MR) is 148 cm³/mol. The average molecular weight is 481 g/mol. The molecular weight excluding hydrogens is 448 g/mol. The molecular formula is C30H32N4S. The van der Waals surface area contributed by atoms with Crippen molar-refractivity contribution in [3.8, 4) is 5.69 Å². The predicted octanol–water partition coefficient (Wildman–Crippen LogP) is 6.85. The second-order valence-electron chi connectivity index (χ2n) is 9.43. The summed E-state index contributed by atoms with van der Waals surface area (Å²) >= 11 is 5.94. The van der Waals surface area contributed by atoms with E-state index < -0.39 is 0 Å². The molecule has 1 aliphatic heterocycles. The van der Waals surface area contributed by atoms with Crippen LogP contribution in [0.1, 0.15) is 58.3 Å². The molecule has 1 fully saturated rings. The highest BCUT2D eigenvalue weighted by atomic mass is 32.1. The molecule has 5 rings (SSSR count). The number of anilines is 1. The van der Waals surface area contributed by atoms with Crippen LogP contribution in [0.25, 0.3) is 5.69 Å². The Balaban J connectivity index is 1.72. The van der Waals surface area contributed by atoms with Gasteiger partial charge in [-0.25, -0.2) is 0 Å². The van der Waals surface area contributed by atoms with Crippen LogP contribution in [0.2, 0.25) is 0 Å². The topological polar surface area (TPSA) is 33.1 Å². The van der Waals surface area contributed by atoms with Crippen molar-refractivity contribution in [3.05, 3.63) is 112 Å². The van der Waals surface area contributed by atoms with Crippen molar-refractivity contribution < 1.29 is 0 Å². The number of rotatable bonds is 5. The maximum Gasteiger partial charge on any atom is 0.174 e. The number of pyridine rings is 1. The molecule has 35 heavy (non-hydrogen) atoms. The molecule has 2 atom stereocenters. The van der Waals surface area contributed by atoms with Crippen molar-refractivity contribution in [1.82, 2.24) is 14.9 Å². The van der Waals surface area contributed by atoms with Crippen molar-refractivity contribution in [2.75, 3.05) is 4.90 Å². The Morgan fingerprint density at radius 1 is 0.943 bits per heavy atom. The van der Waals surface area contributed by atoms with Gasteiger partial charge in [0, 0.05) is 23.3 Å². The standard InChI is InChI=1S/C30H32N4S/c1-6-23-13-10-12-20(3)28(23)33-21(4)18-25(22(33)5)29-27(26-15-7-8-16-31-26)32-30(35)34(29)24-14-9-11-19(2)17-24/h7-18,27,29H,6H2,1-5H3,(H,32,35)/t27-,29+/m1/s1. The fourth-order valence-electron chi connectivity index (χ4n) is 5.48. The second kappa shape index (κ2) is 9.31. The monoisotopic (exact) mass is 480 g/mol. The van der Waals surface area contributed by atoms with E-state index in [-0.39, 0.29) is 12.1 Å². The molecule has 1 N–H and O–H groups in total. The molecule has 2 aromatic carbocycles. The Morgan fingerprint density at radius 2 is 1.74 bits per heavy atom. The summed E-state index contributed by atoms with van der Waals surface area (Å²) in [6.07, 6.45) is 2.85. The smallest absolute Gasteiger partial charge is 0.174 e. The Morgan fingerprint density at radius 3 is 2.46 bits per heavy atom. The van der Waals surface area contributed by atoms with E-state index >= 15 is 0 Å². The first kappa shape index (κ1) is 23.3. The number of benzene rings is 2. The number of aryl methyl sites for hydroxylation is 4. The van der Waals surface area contributed by atoms with E-state index in [2.05, 4.69) is 104 Å². The van der Waals surface area contributed by atoms with E-state index in [1.165, 1.54) is 39.3 Å². The summed E-state index contributed by atoms with van der Waals surface area (Å²) in [6.45, 7) is 11.0. The van der Waals surface area contributed by atoms with Gasteiger partial charge in [0.05, 0.1) is 23.5 Å². The van der Waals surface area contributed by atoms with Crippen LogP contribution in [0.3, 0.4) is 0 Å². The number of hydrogen-bond donors (Lipinski definition) is 1. The number of hydrogen-bond acceptors (Lipinski definition) is 2. The van der Waals surface area contributed by atoms with Gasteiger partial charge in [0.1, 0.15) is 0 Å². The van der Waals surface area contributed by atoms with E-state index in [9.17, 15) is 0 Å². The van der Waals surface area contributed by atoms with Gasteiger partial charge in [-0.2, -0.15) is 0 Å². The quantitative estimate of drug-likeness (QED) is 0.317. The van der Waals surface area contributed by atoms with E-state index in [0.29, 0.717) is 0 Å². The number of nitrogens with one attached hydrogen (secondary N) is 1. The summed E-state index contributed by atoms with van der Waals surface area (Å²) in [5, 5.41) is 4.33. The maximum atomic E-state index is 5.94. The summed E-state index contributed by atoms with van der Waals surface area (Å²) in [7, 11) is 0. The van der Waals surface area contributed by atoms with Gasteiger partial charge in [-0.05, 0) is 98.9 Å². The molecule has 2 aromatic heterocycles. The third-order valence-electron chi connectivity index (χ3n) is 7.09. The third kappa shape index (κ3) is 4.04. The molecule has 0 unspecified atom stereocenters. The van der Waals surface area contributed by atoms with Gasteiger partial charge in [0.2, 0.25) is 0 Å². The van der Waals surface area contributed by atoms with Gasteiger partial charge in [-0.3, -0.25) is 4.98 Å². The molecule has 0 spiro atoms. The molecule has 0 aliphatic carbocycles. The normalized spacial score (nSPS) is 17.6. The Hall–Kier alpha value is -3.44. The van der Waals surface area contributed by atoms with E-state index in [1.807, 2.05) is 18.3 Å². The molecule has 3 heterocycles. The van der Waals surface area contributed by atoms with Gasteiger partial charge in [0.25, 0.3) is 0 Å². The highest BCUT2D eigenvalue weighted by Gasteiger charge is 2.42. The van der Waals surface area contributed by atoms with Crippen LogP contribution in [0.5, 0.6) is 0 Å². The number of aromatic nitrogens is 2. The van der Waals surface area contributed by atoms with Crippen molar-refractivity contribution in [1.29, 1.82) is 0 Å². The fourth-order valence-corrected chi connectivity index (χ4v) is 5.83. The number of thiocarbonyl (C=S) groups is 1. The second-order valence-corrected chi connectivity index (χ2v) is 9.82. The summed E-state index contributed by atoms with van der Waals surface area (Å²) in [5.41, 5.74) is 11.0. The zero-order chi connectivity index (χ0) is 24.7. The van der Waals surface area contributed by atoms with Crippen LogP contribution in [-0.2, 0) is 6.42 Å². The third-order valence-corrected chi connectivity index (χ3v) is 7.41. The molecule has 0 saturated carbocycles. The first-order valence-electron chi connectivity index (χ1n) is 12.3. The largest absolute Gasteiger partial charge is 0.351 e. The Labute approximate surface area is 213 Å². The highest BCUT2D eigenvalue weighted by Crippen LogP contribution is 2.44. The highest BCUT2D eigenvalue weighted by molar-refractivity contribution is 7.80. The van der Waals surface area contributed by atoms with Crippen molar-refractivity contribution in [3.63, 3.8) is 0 Å². The van der Waals surface area contributed by atoms with Crippen LogP contribution in [0.15, 0.2) is 72.9 Å². The van der Waals surface area contributed by atoms with Crippen LogP contribution >= 0.6 is 12.2 Å². The lowest BCUT2D eigenvalue weighted by molar-refractivity contribution is 0.565. The number of nitrogens with zero attached hydrogens (tertiary/aromatic N) is 3. The molecule has 178 valence electrons. The van der Waals surface area contributed by atoms with E-state index in [1.54, 1.807) is 0 Å². The van der Waals surface area contributed by atoms with E-state index in [4.69, 9.17) is 17.2 Å². The van der Waals surface area contributed by atoms with E-state index in [0.717, 1.165) is 22.9 Å². The van der Waals surface area contributed by atoms with Crippen molar-refractivity contribution in [2.45, 2.75) is 53.1 Å². The van der Waals surface area contributed by atoms with Gasteiger partial charge < -0.3 is 14.8 Å². The van der Waals surface area contributed by atoms with Gasteiger partial charge in [-0.15, -0.1) is 0 Å². The van der Waals surface area contributed by atoms with Crippen LogP contribution < -0.4 is 10.2 Å². The van der Waals surface area contributed by atoms with Gasteiger partial charge >= 0.3 is 0 Å². The SMILES string of the molecule is CCc1cccc(C)c1-n1c(C)cc([C@H]2[C@@H](c3ccccn3)NC(=S)N2c2cccc(C)c2)c1C. The first-order valence-corrected chi connectivity index (χ1v) is 12.7. The molecule has 0 radical (unpaired) electrons. The summed E-state index contributed by atoms with van der Waals surface area (Å²) in [6, 6.07) is 23.5. The zero-order valence-electron chi connectivity index (χ0n) is 21.0. The lowest BCUT2D eigenvalue weighted by Crippen LogP contribution is -2.29. The lowest BCUT2D eigenvalue weighted by atomic mass is 9.96. The Kier molecular flexibility index (Phi) is 6.20. The lowest BCUT2D eigenvalue weighted by Gasteiger charge is -2.28. The van der Waals surface area contributed by atoms with Gasteiger partial charge in [0.15, 0.2) is 5.11 Å². The summed E-state index contributed by atoms with van der Waals surface area (Å²) in [4.78, 5) is 6.99. The molecule has 4 aromatic rings. The summed E-state index contributed by atoms with van der Waals surface area (Å²) in [5.74, 6) is 0. The zero-order valence-corrected chi connectivity index (χ0v) is 21.9.